The van der Waals surface area contributed by atoms with Crippen molar-refractivity contribution in [3.05, 3.63) is 35.4 Å². The Hall–Kier alpha value is -1.92. The quantitative estimate of drug-likeness (QED) is 0.337. The van der Waals surface area contributed by atoms with Crippen LogP contribution in [0.3, 0.4) is 0 Å². The minimum absolute atomic E-state index is 0.197. The molecule has 0 saturated heterocycles. The number of hydrogen-bond donors (Lipinski definition) is 3. The van der Waals surface area contributed by atoms with Crippen LogP contribution in [0.4, 0.5) is 0 Å². The molecule has 0 unspecified atom stereocenters. The molecule has 0 saturated carbocycles. The van der Waals surface area contributed by atoms with E-state index in [4.69, 9.17) is 11.7 Å². The van der Waals surface area contributed by atoms with Gasteiger partial charge in [0, 0.05) is 7.05 Å². The number of carbonyl (C=O) groups is 2. The summed E-state index contributed by atoms with van der Waals surface area (Å²) >= 11 is 0. The molecule has 80 valence electrons. The lowest BCUT2D eigenvalue weighted by atomic mass is 10.1. The van der Waals surface area contributed by atoms with Gasteiger partial charge in [-0.15, -0.1) is 0 Å². The summed E-state index contributed by atoms with van der Waals surface area (Å²) in [5.74, 6) is 9.32. The van der Waals surface area contributed by atoms with Crippen molar-refractivity contribution in [3.63, 3.8) is 0 Å². The normalized spacial score (nSPS) is 9.53. The minimum Gasteiger partial charge on any atom is -0.290 e. The molecule has 0 aromatic heterocycles. The first-order valence-electron chi connectivity index (χ1n) is 4.20. The van der Waals surface area contributed by atoms with Gasteiger partial charge in [0.05, 0.1) is 11.1 Å². The fourth-order valence-corrected chi connectivity index (χ4v) is 1.14. The van der Waals surface area contributed by atoms with Gasteiger partial charge in [-0.3, -0.25) is 20.0 Å². The van der Waals surface area contributed by atoms with Crippen LogP contribution >= 0.6 is 0 Å². The van der Waals surface area contributed by atoms with Crippen molar-refractivity contribution in [1.29, 1.82) is 0 Å². The Bertz CT molecular complexity index is 389. The molecule has 0 aliphatic rings. The maximum Gasteiger partial charge on any atom is 0.268 e. The number of benzene rings is 1. The summed E-state index contributed by atoms with van der Waals surface area (Å²) in [4.78, 5) is 22.9. The van der Waals surface area contributed by atoms with E-state index in [9.17, 15) is 9.59 Å². The lowest BCUT2D eigenvalue weighted by Gasteiger charge is -2.12. The number of nitrogens with zero attached hydrogens (tertiary/aromatic N) is 1. The van der Waals surface area contributed by atoms with Crippen molar-refractivity contribution in [2.24, 2.45) is 11.7 Å². The second-order valence-corrected chi connectivity index (χ2v) is 2.94. The second-order valence-electron chi connectivity index (χ2n) is 2.94. The number of amides is 2. The molecule has 5 N–H and O–H groups in total. The molecule has 0 aliphatic carbocycles. The highest BCUT2D eigenvalue weighted by molar-refractivity contribution is 6.06. The molecule has 1 aromatic carbocycles. The summed E-state index contributed by atoms with van der Waals surface area (Å²) in [5.41, 5.74) is 2.37. The molecular formula is C9H12N4O2. The van der Waals surface area contributed by atoms with E-state index in [1.807, 2.05) is 5.43 Å². The first-order chi connectivity index (χ1) is 7.07. The third kappa shape index (κ3) is 2.30. The van der Waals surface area contributed by atoms with Gasteiger partial charge in [-0.1, -0.05) is 12.1 Å². The summed E-state index contributed by atoms with van der Waals surface area (Å²) in [7, 11) is 1.40. The number of nitrogens with two attached hydrogens (primary N) is 2. The van der Waals surface area contributed by atoms with Crippen molar-refractivity contribution >= 4 is 11.8 Å². The van der Waals surface area contributed by atoms with Gasteiger partial charge in [-0.2, -0.15) is 0 Å². The number of carbonyl (C=O) groups excluding carboxylic acids is 2. The highest BCUT2D eigenvalue weighted by atomic mass is 16.2. The molecule has 0 atom stereocenters. The van der Waals surface area contributed by atoms with Gasteiger partial charge in [0.25, 0.3) is 11.8 Å². The van der Waals surface area contributed by atoms with Crippen molar-refractivity contribution < 1.29 is 9.59 Å². The standard InChI is InChI=1S/C9H12N4O2/c1-13(11)9(15)7-5-3-2-4-6(7)8(14)12-10/h2-5H,10-11H2,1H3,(H,12,14). The van der Waals surface area contributed by atoms with Crippen molar-refractivity contribution in [2.45, 2.75) is 0 Å². The van der Waals surface area contributed by atoms with E-state index < -0.39 is 11.8 Å². The summed E-state index contributed by atoms with van der Waals surface area (Å²) in [6.45, 7) is 0. The first kappa shape index (κ1) is 11.2. The Morgan fingerprint density at radius 2 is 1.80 bits per heavy atom. The average molecular weight is 208 g/mol. The molecule has 1 rings (SSSR count). The largest absolute Gasteiger partial charge is 0.290 e. The van der Waals surface area contributed by atoms with Gasteiger partial charge in [0.15, 0.2) is 0 Å². The van der Waals surface area contributed by atoms with E-state index in [0.29, 0.717) is 0 Å². The van der Waals surface area contributed by atoms with Gasteiger partial charge >= 0.3 is 0 Å². The molecule has 1 aromatic rings. The molecule has 6 heteroatoms. The van der Waals surface area contributed by atoms with Crippen molar-refractivity contribution in [2.75, 3.05) is 7.05 Å². The monoisotopic (exact) mass is 208 g/mol. The Morgan fingerprint density at radius 3 is 2.27 bits per heavy atom. The van der Waals surface area contributed by atoms with E-state index in [0.717, 1.165) is 5.01 Å². The van der Waals surface area contributed by atoms with Crippen LogP contribution in [-0.2, 0) is 0 Å². The molecule has 15 heavy (non-hydrogen) atoms. The predicted octanol–water partition coefficient (Wildman–Crippen LogP) is -0.764. The second kappa shape index (κ2) is 4.54. The van der Waals surface area contributed by atoms with Crippen molar-refractivity contribution in [3.8, 4) is 0 Å². The van der Waals surface area contributed by atoms with E-state index >= 15 is 0 Å². The van der Waals surface area contributed by atoms with Crippen LogP contribution in [0.15, 0.2) is 24.3 Å². The van der Waals surface area contributed by atoms with Gasteiger partial charge in [0.2, 0.25) is 0 Å². The predicted molar refractivity (Wildman–Crippen MR) is 54.4 cm³/mol. The van der Waals surface area contributed by atoms with Crippen molar-refractivity contribution in [1.82, 2.24) is 10.4 Å². The van der Waals surface area contributed by atoms with Gasteiger partial charge in [0.1, 0.15) is 0 Å². The Kier molecular flexibility index (Phi) is 3.37. The molecule has 2 amide bonds. The van der Waals surface area contributed by atoms with Crippen LogP contribution < -0.4 is 17.1 Å². The molecule has 0 aliphatic heterocycles. The van der Waals surface area contributed by atoms with E-state index in [2.05, 4.69) is 0 Å². The fourth-order valence-electron chi connectivity index (χ4n) is 1.14. The Balaban J connectivity index is 3.18. The van der Waals surface area contributed by atoms with E-state index in [1.165, 1.54) is 19.2 Å². The van der Waals surface area contributed by atoms with E-state index in [-0.39, 0.29) is 11.1 Å². The fraction of sp³-hybridized carbons (Fsp3) is 0.111. The summed E-state index contributed by atoms with van der Waals surface area (Å²) in [5, 5.41) is 0.905. The van der Waals surface area contributed by atoms with Crippen LogP contribution in [0.1, 0.15) is 20.7 Å². The molecule has 0 radical (unpaired) electrons. The number of hydrazine groups is 2. The SMILES string of the molecule is CN(N)C(=O)c1ccccc1C(=O)NN. The lowest BCUT2D eigenvalue weighted by molar-refractivity contribution is 0.0787. The van der Waals surface area contributed by atoms with E-state index in [1.54, 1.807) is 12.1 Å². The maximum absolute atomic E-state index is 11.6. The average Bonchev–Trinajstić information content (AvgIpc) is 2.27. The highest BCUT2D eigenvalue weighted by Crippen LogP contribution is 2.09. The zero-order chi connectivity index (χ0) is 11.4. The Morgan fingerprint density at radius 1 is 1.27 bits per heavy atom. The van der Waals surface area contributed by atoms with Crippen LogP contribution in [0.2, 0.25) is 0 Å². The van der Waals surface area contributed by atoms with Gasteiger partial charge in [-0.05, 0) is 12.1 Å². The molecule has 0 spiro atoms. The third-order valence-corrected chi connectivity index (χ3v) is 1.85. The molecule has 6 nitrogen and oxygen atoms in total. The Labute approximate surface area is 86.8 Å². The maximum atomic E-state index is 11.6. The smallest absolute Gasteiger partial charge is 0.268 e. The topological polar surface area (TPSA) is 101 Å². The minimum atomic E-state index is -0.527. The lowest BCUT2D eigenvalue weighted by Crippen LogP contribution is -2.36. The zero-order valence-corrected chi connectivity index (χ0v) is 8.23. The van der Waals surface area contributed by atoms with Gasteiger partial charge in [-0.25, -0.2) is 11.7 Å². The first-order valence-corrected chi connectivity index (χ1v) is 4.20. The summed E-state index contributed by atoms with van der Waals surface area (Å²) in [6.07, 6.45) is 0. The molecule has 0 bridgehead atoms. The van der Waals surface area contributed by atoms with Gasteiger partial charge < -0.3 is 0 Å². The van der Waals surface area contributed by atoms with Crippen LogP contribution in [0.5, 0.6) is 0 Å². The summed E-state index contributed by atoms with van der Waals surface area (Å²) in [6, 6.07) is 6.29. The zero-order valence-electron chi connectivity index (χ0n) is 8.23. The number of hydrogen-bond acceptors (Lipinski definition) is 4. The number of nitrogens with one attached hydrogen (secondary N) is 1. The highest BCUT2D eigenvalue weighted by Gasteiger charge is 2.17. The molecule has 0 fully saturated rings. The van der Waals surface area contributed by atoms with Crippen LogP contribution in [0.25, 0.3) is 0 Å². The molecular weight excluding hydrogens is 196 g/mol. The van der Waals surface area contributed by atoms with Crippen LogP contribution in [0, 0.1) is 0 Å². The molecule has 0 heterocycles. The van der Waals surface area contributed by atoms with Crippen LogP contribution in [-0.4, -0.2) is 23.9 Å². The number of nitrogen functional groups attached to an aromatic ring is 1. The number of rotatable bonds is 2. The third-order valence-electron chi connectivity index (χ3n) is 1.85. The summed E-state index contributed by atoms with van der Waals surface area (Å²) < 4.78 is 0.